The third-order valence-electron chi connectivity index (χ3n) is 13.7. The molecule has 2 saturated heterocycles. The van der Waals surface area contributed by atoms with Crippen LogP contribution >= 0.6 is 0 Å². The van der Waals surface area contributed by atoms with Crippen LogP contribution in [0.25, 0.3) is 0 Å². The number of allylic oxidation sites excluding steroid dienone is 6. The molecule has 5 aromatic carbocycles. The fourth-order valence-corrected chi connectivity index (χ4v) is 10.4. The predicted octanol–water partition coefficient (Wildman–Crippen LogP) is 10.4. The van der Waals surface area contributed by atoms with E-state index < -0.39 is 10.1 Å². The number of anilines is 3. The Hall–Kier alpha value is -8.11. The van der Waals surface area contributed by atoms with Crippen LogP contribution in [0.15, 0.2) is 213 Å². The summed E-state index contributed by atoms with van der Waals surface area (Å²) in [6.45, 7) is 7.77. The number of benzene rings is 5. The summed E-state index contributed by atoms with van der Waals surface area (Å²) in [5, 5.41) is 2.99. The Morgan fingerprint density at radius 1 is 0.696 bits per heavy atom. The van der Waals surface area contributed by atoms with Crippen molar-refractivity contribution in [1.29, 1.82) is 0 Å². The monoisotopic (exact) mass is 1090 g/mol. The van der Waals surface area contributed by atoms with E-state index in [0.29, 0.717) is 43.7 Å². The van der Waals surface area contributed by atoms with Gasteiger partial charge in [-0.2, -0.15) is 8.42 Å². The van der Waals surface area contributed by atoms with Gasteiger partial charge >= 0.3 is 0 Å². The number of likely N-dealkylation sites (tertiary alicyclic amines) is 1. The van der Waals surface area contributed by atoms with Crippen molar-refractivity contribution in [2.75, 3.05) is 34.5 Å². The molecule has 14 nitrogen and oxygen atoms in total. The lowest BCUT2D eigenvalue weighted by atomic mass is 9.71. The number of nitrogens with zero attached hydrogens (tertiary/aromatic N) is 3. The Bertz CT molecular complexity index is 3030. The lowest BCUT2D eigenvalue weighted by Gasteiger charge is -2.41. The summed E-state index contributed by atoms with van der Waals surface area (Å²) >= 11 is 0. The number of para-hydroxylation sites is 3. The van der Waals surface area contributed by atoms with Gasteiger partial charge in [-0.3, -0.25) is 37.9 Å². The van der Waals surface area contributed by atoms with Crippen molar-refractivity contribution in [3.63, 3.8) is 0 Å². The molecule has 1 unspecified atom stereocenters. The summed E-state index contributed by atoms with van der Waals surface area (Å²) in [5.74, 6) is -1.10. The van der Waals surface area contributed by atoms with E-state index in [1.165, 1.54) is 22.6 Å². The smallest absolute Gasteiger partial charge is 0.264 e. The number of piperidine rings is 1. The molecule has 6 atom stereocenters. The van der Waals surface area contributed by atoms with E-state index in [9.17, 15) is 37.2 Å². The third kappa shape index (κ3) is 17.7. The minimum atomic E-state index is -3.27. The van der Waals surface area contributed by atoms with Gasteiger partial charge in [0.1, 0.15) is 0 Å². The van der Waals surface area contributed by atoms with E-state index in [1.807, 2.05) is 132 Å². The highest BCUT2D eigenvalue weighted by Gasteiger charge is 2.51. The Balaban J connectivity index is 0.000000171. The molecule has 5 aromatic rings. The Labute approximate surface area is 465 Å². The highest BCUT2D eigenvalue weighted by Crippen LogP contribution is 2.42. The van der Waals surface area contributed by atoms with Gasteiger partial charge in [0.25, 0.3) is 21.9 Å². The van der Waals surface area contributed by atoms with Gasteiger partial charge in [0.2, 0.25) is 23.6 Å². The van der Waals surface area contributed by atoms with Gasteiger partial charge in [-0.1, -0.05) is 178 Å². The van der Waals surface area contributed by atoms with E-state index >= 15 is 0 Å². The van der Waals surface area contributed by atoms with E-state index in [2.05, 4.69) is 47.3 Å². The van der Waals surface area contributed by atoms with Crippen molar-refractivity contribution in [3.05, 3.63) is 224 Å². The molecular formula is C64H71N5O9S. The van der Waals surface area contributed by atoms with Crippen LogP contribution in [0.3, 0.4) is 0 Å². The van der Waals surface area contributed by atoms with Crippen molar-refractivity contribution >= 4 is 62.6 Å². The van der Waals surface area contributed by atoms with Crippen molar-refractivity contribution in [2.24, 2.45) is 41.2 Å². The molecular weight excluding hydrogens is 1010 g/mol. The largest absolute Gasteiger partial charge is 0.338 e. The molecule has 10 rings (SSSR count). The van der Waals surface area contributed by atoms with Gasteiger partial charge in [-0.05, 0) is 91.5 Å². The average molecular weight is 1090 g/mol. The van der Waals surface area contributed by atoms with Crippen molar-refractivity contribution < 1.29 is 41.4 Å². The van der Waals surface area contributed by atoms with E-state index in [1.54, 1.807) is 42.5 Å². The minimum absolute atomic E-state index is 0.0194. The maximum Gasteiger partial charge on any atom is 0.264 e. The van der Waals surface area contributed by atoms with Crippen molar-refractivity contribution in [1.82, 2.24) is 4.90 Å². The summed E-state index contributed by atoms with van der Waals surface area (Å²) in [7, 11) is -3.27. The number of hydrogen-bond acceptors (Lipinski definition) is 10. The minimum Gasteiger partial charge on any atom is -0.338 e. The van der Waals surface area contributed by atoms with E-state index in [-0.39, 0.29) is 77.6 Å². The number of carbonyl (C=O) groups is 6. The van der Waals surface area contributed by atoms with Gasteiger partial charge in [-0.25, -0.2) is 4.90 Å². The fourth-order valence-electron chi connectivity index (χ4n) is 9.95. The summed E-state index contributed by atoms with van der Waals surface area (Å²) < 4.78 is 25.3. The van der Waals surface area contributed by atoms with Gasteiger partial charge in [-0.15, -0.1) is 0 Å². The molecule has 2 fully saturated rings. The molecule has 3 aliphatic heterocycles. The second-order valence-corrected chi connectivity index (χ2v) is 20.9. The van der Waals surface area contributed by atoms with Crippen LogP contribution in [0.1, 0.15) is 56.6 Å². The number of rotatable bonds is 14. The van der Waals surface area contributed by atoms with Crippen molar-refractivity contribution in [2.45, 2.75) is 58.5 Å². The lowest BCUT2D eigenvalue weighted by Crippen LogP contribution is -2.50. The van der Waals surface area contributed by atoms with Crippen LogP contribution in [0.4, 0.5) is 17.1 Å². The number of nitrogens with one attached hydrogen (secondary N) is 1. The summed E-state index contributed by atoms with van der Waals surface area (Å²) in [6.07, 6.45) is 21.9. The molecule has 5 aliphatic rings. The molecule has 412 valence electrons. The fraction of sp³-hybridized carbons (Fsp3) is 0.281. The van der Waals surface area contributed by atoms with Gasteiger partial charge in [0, 0.05) is 37.5 Å². The first-order valence-corrected chi connectivity index (χ1v) is 28.5. The van der Waals surface area contributed by atoms with Gasteiger partial charge in [0.15, 0.2) is 0 Å². The zero-order valence-electron chi connectivity index (χ0n) is 44.9. The molecule has 79 heavy (non-hydrogen) atoms. The topological polar surface area (TPSA) is 194 Å². The molecule has 0 saturated carbocycles. The molecule has 6 amide bonds. The lowest BCUT2D eigenvalue weighted by molar-refractivity contribution is -0.147. The zero-order chi connectivity index (χ0) is 56.6. The van der Waals surface area contributed by atoms with Crippen LogP contribution in [-0.4, -0.2) is 68.2 Å². The van der Waals surface area contributed by atoms with Gasteiger partial charge in [0.05, 0.1) is 47.9 Å². The maximum absolute atomic E-state index is 13.2. The predicted molar refractivity (Wildman–Crippen MR) is 311 cm³/mol. The summed E-state index contributed by atoms with van der Waals surface area (Å²) in [4.78, 5) is 78.3. The number of hydrogen-bond donors (Lipinski definition) is 2. The van der Waals surface area contributed by atoms with Crippen LogP contribution in [0.2, 0.25) is 0 Å². The van der Waals surface area contributed by atoms with E-state index in [0.717, 1.165) is 48.2 Å². The quantitative estimate of drug-likeness (QED) is 0.0355. The third-order valence-corrected chi connectivity index (χ3v) is 14.3. The molecule has 3 heterocycles. The number of amides is 6. The van der Waals surface area contributed by atoms with Crippen LogP contribution in [0.5, 0.6) is 0 Å². The van der Waals surface area contributed by atoms with Crippen LogP contribution in [-0.2, 0) is 56.2 Å². The standard InChI is InChI=1S/C23H24N2O2.C17H19NO2.C10H7NO2.C7H9N.C7H12O3S/c26-22(24-19-11-5-2-6-12-19)20-13-7-10-18-14-15-25(23(27)21(18)20)16-17-8-3-1-4-9-17;1-2-7-12-8-6-11-14-15(12)17(20)18(16(14)19)13-9-4-3-5-10-13;12-9-6-7-10(13)11(9)8-4-2-1-3-5-8;8-6-7-4-2-1-3-5-7;1-3-4-5-6-7-10-11(2,8)9/h1-12,18,20-21H,13-16H2,(H,24,26);3-6,8-10,12,14-15H,2,7,11H2,1H3;1-7H;1-5H,6,8H2;3-5H,1,6-7H2,2H3/b;;;;5-4+/t18-,20-,21+;12-,14?,15-;;;/m01.../s1. The molecule has 15 heteroatoms. The highest BCUT2D eigenvalue weighted by atomic mass is 32.2. The number of fused-ring (bicyclic) bond motifs is 2. The second-order valence-electron chi connectivity index (χ2n) is 19.3. The molecule has 0 aromatic heterocycles. The Morgan fingerprint density at radius 3 is 1.78 bits per heavy atom. The normalized spacial score (nSPS) is 20.8. The Kier molecular flexibility index (Phi) is 23.4. The van der Waals surface area contributed by atoms with Crippen molar-refractivity contribution in [3.8, 4) is 0 Å². The molecule has 0 radical (unpaired) electrons. The second kappa shape index (κ2) is 30.7. The summed E-state index contributed by atoms with van der Waals surface area (Å²) in [5.41, 5.74) is 9.75. The zero-order valence-corrected chi connectivity index (χ0v) is 45.7. The summed E-state index contributed by atoms with van der Waals surface area (Å²) in [6, 6.07) is 47.6. The highest BCUT2D eigenvalue weighted by molar-refractivity contribution is 7.85. The first kappa shape index (κ1) is 60.1. The SMILES string of the molecule is C=C/C=C/CCOS(C)(=O)=O.CCC[C@@H]1C=CCC2C(=O)N(c3ccccc3)C(=O)[C@@H]21.NCc1ccccc1.O=C(Nc1ccccc1)[C@H]1CC=C[C@H]2CCN(Cc3ccccc3)C(=O)[C@@H]12.O=C1C=CC(=O)N1c1ccccc1. The van der Waals surface area contributed by atoms with E-state index in [4.69, 9.17) is 5.73 Å². The molecule has 0 spiro atoms. The molecule has 3 N–H and O–H groups in total. The Morgan fingerprint density at radius 2 is 1.24 bits per heavy atom. The first-order valence-electron chi connectivity index (χ1n) is 26.7. The first-order chi connectivity index (χ1) is 38.2. The van der Waals surface area contributed by atoms with Crippen LogP contribution < -0.4 is 20.9 Å². The number of nitrogens with two attached hydrogens (primary N) is 1. The maximum atomic E-state index is 13.2. The molecule has 0 bridgehead atoms. The van der Waals surface area contributed by atoms with Crippen LogP contribution in [0, 0.1) is 35.5 Å². The number of imide groups is 2. The average Bonchev–Trinajstić information content (AvgIpc) is 4.16. The van der Waals surface area contributed by atoms with Gasteiger partial charge < -0.3 is 16.0 Å². The molecule has 2 aliphatic carbocycles. The number of carbonyl (C=O) groups excluding carboxylic acids is 6.